The molecule has 0 atom stereocenters. The monoisotopic (exact) mass is 430 g/mol. The number of hydrogen-bond donors (Lipinski definition) is 1. The summed E-state index contributed by atoms with van der Waals surface area (Å²) in [6.07, 6.45) is -0.101. The van der Waals surface area contributed by atoms with Crippen LogP contribution in [0.3, 0.4) is 0 Å². The normalized spacial score (nSPS) is 14.3. The summed E-state index contributed by atoms with van der Waals surface area (Å²) >= 11 is 0. The number of alkyl halides is 3. The average Bonchev–Trinajstić information content (AvgIpc) is 3.13. The van der Waals surface area contributed by atoms with Crippen LogP contribution in [-0.4, -0.2) is 50.1 Å². The van der Waals surface area contributed by atoms with Gasteiger partial charge in [0.25, 0.3) is 5.91 Å². The molecule has 0 aliphatic carbocycles. The number of fused-ring (bicyclic) bond motifs is 1. The third-order valence-electron chi connectivity index (χ3n) is 5.24. The van der Waals surface area contributed by atoms with Crippen molar-refractivity contribution < 1.29 is 18.0 Å². The summed E-state index contributed by atoms with van der Waals surface area (Å²) in [5.74, 6) is -0.895. The lowest BCUT2D eigenvalue weighted by Gasteiger charge is -2.30. The van der Waals surface area contributed by atoms with E-state index in [9.17, 15) is 18.0 Å². The van der Waals surface area contributed by atoms with Gasteiger partial charge in [-0.15, -0.1) is 5.10 Å². The third-order valence-corrected chi connectivity index (χ3v) is 5.24. The van der Waals surface area contributed by atoms with Crippen LogP contribution in [0.2, 0.25) is 0 Å². The number of carbonyl (C=O) groups excluding carboxylic acids is 1. The van der Waals surface area contributed by atoms with Crippen LogP contribution in [0.25, 0.3) is 5.69 Å². The highest BCUT2D eigenvalue weighted by Gasteiger charge is 2.29. The number of pyridine rings is 1. The molecule has 0 bridgehead atoms. The first-order chi connectivity index (χ1) is 14.8. The molecule has 0 unspecified atom stereocenters. The van der Waals surface area contributed by atoms with E-state index in [0.717, 1.165) is 48.4 Å². The van der Waals surface area contributed by atoms with Crippen molar-refractivity contribution in [1.29, 1.82) is 0 Å². The van der Waals surface area contributed by atoms with Crippen molar-refractivity contribution in [3.05, 3.63) is 70.8 Å². The van der Waals surface area contributed by atoms with Crippen LogP contribution in [-0.2, 0) is 19.5 Å². The number of benzene rings is 1. The van der Waals surface area contributed by atoms with Gasteiger partial charge >= 0.3 is 6.18 Å². The van der Waals surface area contributed by atoms with Gasteiger partial charge < -0.3 is 5.32 Å². The summed E-state index contributed by atoms with van der Waals surface area (Å²) in [6, 6.07) is 9.81. The Labute approximate surface area is 176 Å². The molecule has 1 aliphatic heterocycles. The summed E-state index contributed by atoms with van der Waals surface area (Å²) in [5, 5.41) is 9.72. The summed E-state index contributed by atoms with van der Waals surface area (Å²) in [7, 11) is 0. The van der Waals surface area contributed by atoms with Gasteiger partial charge in [-0.25, -0.2) is 4.68 Å². The fourth-order valence-electron chi connectivity index (χ4n) is 3.76. The highest BCUT2D eigenvalue weighted by Crippen LogP contribution is 2.27. The van der Waals surface area contributed by atoms with Gasteiger partial charge in [-0.3, -0.25) is 14.7 Å². The number of nitrogens with zero attached hydrogens (tertiary/aromatic N) is 5. The molecule has 162 valence electrons. The Kier molecular flexibility index (Phi) is 5.73. The minimum absolute atomic E-state index is 0.115. The molecule has 1 N–H and O–H groups in total. The average molecular weight is 430 g/mol. The van der Waals surface area contributed by atoms with Gasteiger partial charge in [-0.05, 0) is 42.2 Å². The Hall–Kier alpha value is -3.27. The van der Waals surface area contributed by atoms with E-state index in [-0.39, 0.29) is 5.69 Å². The van der Waals surface area contributed by atoms with Gasteiger partial charge in [-0.1, -0.05) is 23.4 Å². The van der Waals surface area contributed by atoms with E-state index in [2.05, 4.69) is 26.3 Å². The number of aromatic nitrogens is 4. The zero-order valence-electron chi connectivity index (χ0n) is 16.9. The highest BCUT2D eigenvalue weighted by atomic mass is 19.4. The maximum absolute atomic E-state index is 12.4. The molecule has 1 aliphatic rings. The van der Waals surface area contributed by atoms with E-state index in [0.29, 0.717) is 5.69 Å². The Bertz CT molecular complexity index is 1080. The number of amides is 1. The molecule has 0 radical (unpaired) electrons. The van der Waals surface area contributed by atoms with Gasteiger partial charge in [-0.2, -0.15) is 13.2 Å². The molecule has 1 aromatic carbocycles. The van der Waals surface area contributed by atoms with Gasteiger partial charge in [0.05, 0.1) is 11.4 Å². The number of halogens is 3. The molecule has 0 saturated heterocycles. The van der Waals surface area contributed by atoms with Gasteiger partial charge in [0.1, 0.15) is 6.54 Å². The van der Waals surface area contributed by atoms with E-state index in [1.807, 2.05) is 35.8 Å². The third kappa shape index (κ3) is 4.74. The first kappa shape index (κ1) is 21.0. The minimum Gasteiger partial charge on any atom is -0.341 e. The number of carbonyl (C=O) groups is 1. The van der Waals surface area contributed by atoms with Crippen molar-refractivity contribution in [2.75, 3.05) is 13.1 Å². The fraction of sp³-hybridized carbons (Fsp3) is 0.333. The largest absolute Gasteiger partial charge is 0.405 e. The Morgan fingerprint density at radius 2 is 2.06 bits per heavy atom. The Morgan fingerprint density at radius 1 is 1.23 bits per heavy atom. The standard InChI is InChI=1S/C21H21F3N6O/c1-14-19(20(31)26-13-21(22,23)24)27-28-30(14)18-6-2-5-16-12-29(9-7-17(16)18)11-15-4-3-8-25-10-15/h2-6,8,10H,7,9,11-13H2,1H3,(H,26,31). The lowest BCUT2D eigenvalue weighted by molar-refractivity contribution is -0.123. The SMILES string of the molecule is Cc1c(C(=O)NCC(F)(F)F)nnn1-c1cccc2c1CCN(Cc1cccnc1)C2. The molecule has 0 fully saturated rings. The topological polar surface area (TPSA) is 75.9 Å². The fourth-order valence-corrected chi connectivity index (χ4v) is 3.76. The second kappa shape index (κ2) is 8.46. The molecule has 31 heavy (non-hydrogen) atoms. The van der Waals surface area contributed by atoms with Gasteiger partial charge in [0, 0.05) is 32.0 Å². The molecule has 7 nitrogen and oxygen atoms in total. The molecule has 4 rings (SSSR count). The van der Waals surface area contributed by atoms with E-state index < -0.39 is 18.6 Å². The lowest BCUT2D eigenvalue weighted by Crippen LogP contribution is -2.34. The van der Waals surface area contributed by atoms with E-state index >= 15 is 0 Å². The van der Waals surface area contributed by atoms with Crippen LogP contribution in [0.15, 0.2) is 42.7 Å². The predicted octanol–water partition coefficient (Wildman–Crippen LogP) is 2.82. The maximum Gasteiger partial charge on any atom is 0.405 e. The van der Waals surface area contributed by atoms with Gasteiger partial charge in [0.2, 0.25) is 0 Å². The van der Waals surface area contributed by atoms with Crippen LogP contribution >= 0.6 is 0 Å². The zero-order valence-corrected chi connectivity index (χ0v) is 16.9. The van der Waals surface area contributed by atoms with Crippen molar-refractivity contribution in [2.45, 2.75) is 32.6 Å². The zero-order chi connectivity index (χ0) is 22.0. The molecule has 10 heteroatoms. The quantitative estimate of drug-likeness (QED) is 0.674. The second-order valence-electron chi connectivity index (χ2n) is 7.47. The van der Waals surface area contributed by atoms with Crippen molar-refractivity contribution in [3.63, 3.8) is 0 Å². The summed E-state index contributed by atoms with van der Waals surface area (Å²) in [6.45, 7) is 2.60. The van der Waals surface area contributed by atoms with Crippen LogP contribution in [0.1, 0.15) is 32.9 Å². The predicted molar refractivity (Wildman–Crippen MR) is 107 cm³/mol. The van der Waals surface area contributed by atoms with Crippen LogP contribution in [0.4, 0.5) is 13.2 Å². The first-order valence-electron chi connectivity index (χ1n) is 9.81. The summed E-state index contributed by atoms with van der Waals surface area (Å²) in [4.78, 5) is 18.6. The molecular weight excluding hydrogens is 409 g/mol. The molecule has 0 spiro atoms. The van der Waals surface area contributed by atoms with E-state index in [4.69, 9.17) is 0 Å². The van der Waals surface area contributed by atoms with Crippen molar-refractivity contribution >= 4 is 5.91 Å². The number of hydrogen-bond acceptors (Lipinski definition) is 5. The minimum atomic E-state index is -4.49. The second-order valence-corrected chi connectivity index (χ2v) is 7.47. The van der Waals surface area contributed by atoms with Crippen molar-refractivity contribution in [2.24, 2.45) is 0 Å². The maximum atomic E-state index is 12.4. The molecule has 3 heterocycles. The van der Waals surface area contributed by atoms with Crippen LogP contribution in [0, 0.1) is 6.92 Å². The summed E-state index contributed by atoms with van der Waals surface area (Å²) < 4.78 is 38.7. The molecule has 3 aromatic rings. The Balaban J connectivity index is 1.54. The first-order valence-corrected chi connectivity index (χ1v) is 9.81. The highest BCUT2D eigenvalue weighted by molar-refractivity contribution is 5.93. The molecular formula is C21H21F3N6O. The smallest absolute Gasteiger partial charge is 0.341 e. The van der Waals surface area contributed by atoms with Crippen LogP contribution < -0.4 is 5.32 Å². The lowest BCUT2D eigenvalue weighted by atomic mass is 9.97. The van der Waals surface area contributed by atoms with E-state index in [1.54, 1.807) is 13.1 Å². The number of rotatable bonds is 5. The van der Waals surface area contributed by atoms with Crippen molar-refractivity contribution in [3.8, 4) is 5.69 Å². The van der Waals surface area contributed by atoms with E-state index in [1.165, 1.54) is 4.68 Å². The number of nitrogens with one attached hydrogen (secondary N) is 1. The molecule has 2 aromatic heterocycles. The van der Waals surface area contributed by atoms with Gasteiger partial charge in [0.15, 0.2) is 5.69 Å². The molecule has 1 amide bonds. The van der Waals surface area contributed by atoms with Crippen molar-refractivity contribution in [1.82, 2.24) is 30.2 Å². The summed E-state index contributed by atoms with van der Waals surface area (Å²) in [5.41, 5.74) is 4.45. The molecule has 0 saturated carbocycles. The van der Waals surface area contributed by atoms with Crippen LogP contribution in [0.5, 0.6) is 0 Å². The Morgan fingerprint density at radius 3 is 2.81 bits per heavy atom.